The summed E-state index contributed by atoms with van der Waals surface area (Å²) in [6, 6.07) is 7.80. The average Bonchev–Trinajstić information content (AvgIpc) is 3.34. The fourth-order valence-corrected chi connectivity index (χ4v) is 4.22. The zero-order valence-electron chi connectivity index (χ0n) is 16.8. The number of benzene rings is 2. The van der Waals surface area contributed by atoms with Gasteiger partial charge in [-0.2, -0.15) is 0 Å². The van der Waals surface area contributed by atoms with E-state index in [4.69, 9.17) is 5.73 Å². The van der Waals surface area contributed by atoms with Crippen LogP contribution in [0.4, 0.5) is 11.4 Å². The Hall–Kier alpha value is -3.08. The molecule has 0 radical (unpaired) electrons. The van der Waals surface area contributed by atoms with E-state index in [1.54, 1.807) is 12.5 Å². The van der Waals surface area contributed by atoms with Crippen LogP contribution in [0.15, 0.2) is 43.0 Å². The first-order valence-corrected chi connectivity index (χ1v) is 9.57. The maximum Gasteiger partial charge on any atom is 0.230 e. The summed E-state index contributed by atoms with van der Waals surface area (Å²) in [6.45, 7) is 8.30. The molecule has 3 N–H and O–H groups in total. The molecule has 1 atom stereocenters. The molecule has 1 amide bonds. The molecular formula is C23H26N4O. The lowest BCUT2D eigenvalue weighted by molar-refractivity contribution is -0.124. The van der Waals surface area contributed by atoms with Gasteiger partial charge in [-0.05, 0) is 85.7 Å². The minimum atomic E-state index is -0.471. The van der Waals surface area contributed by atoms with E-state index in [0.717, 1.165) is 41.0 Å². The van der Waals surface area contributed by atoms with Crippen LogP contribution in [-0.2, 0) is 17.6 Å². The highest BCUT2D eigenvalue weighted by atomic mass is 16.2. The average molecular weight is 374 g/mol. The fraction of sp³-hybridized carbons (Fsp3) is 0.304. The maximum absolute atomic E-state index is 13.2. The number of carbonyl (C=O) groups is 1. The molecule has 1 aliphatic carbocycles. The molecule has 5 nitrogen and oxygen atoms in total. The minimum absolute atomic E-state index is 0.0501. The molecule has 0 aliphatic heterocycles. The number of nitrogen functional groups attached to an aromatic ring is 1. The van der Waals surface area contributed by atoms with Crippen LogP contribution in [0, 0.1) is 26.2 Å². The summed E-state index contributed by atoms with van der Waals surface area (Å²) in [5.41, 5.74) is 14.5. The molecule has 1 aliphatic rings. The van der Waals surface area contributed by atoms with E-state index in [9.17, 15) is 4.79 Å². The number of nitrogens with one attached hydrogen (secondary N) is 1. The van der Waals surface area contributed by atoms with Crippen molar-refractivity contribution in [3.8, 4) is 5.69 Å². The number of nitrogens with two attached hydrogens (primary N) is 1. The van der Waals surface area contributed by atoms with Gasteiger partial charge in [0.2, 0.25) is 5.91 Å². The molecule has 4 rings (SSSR count). The Morgan fingerprint density at radius 2 is 1.71 bits per heavy atom. The highest BCUT2D eigenvalue weighted by Gasteiger charge is 2.41. The van der Waals surface area contributed by atoms with Gasteiger partial charge < -0.3 is 15.6 Å². The van der Waals surface area contributed by atoms with Crippen molar-refractivity contribution >= 4 is 17.3 Å². The summed E-state index contributed by atoms with van der Waals surface area (Å²) in [7, 11) is 0. The quantitative estimate of drug-likeness (QED) is 0.677. The van der Waals surface area contributed by atoms with Gasteiger partial charge in [0, 0.05) is 29.5 Å². The number of hydrogen-bond donors (Lipinski definition) is 2. The Morgan fingerprint density at radius 3 is 2.32 bits per heavy atom. The van der Waals surface area contributed by atoms with Gasteiger partial charge in [-0.1, -0.05) is 6.92 Å². The molecule has 2 aromatic carbocycles. The molecule has 1 aromatic heterocycles. The summed E-state index contributed by atoms with van der Waals surface area (Å²) < 4.78 is 1.93. The monoisotopic (exact) mass is 374 g/mol. The number of carbonyl (C=O) groups excluding carboxylic acids is 1. The zero-order chi connectivity index (χ0) is 20.1. The minimum Gasteiger partial charge on any atom is -0.398 e. The third-order valence-electron chi connectivity index (χ3n) is 6.25. The summed E-state index contributed by atoms with van der Waals surface area (Å²) in [6.07, 6.45) is 6.85. The highest BCUT2D eigenvalue weighted by Crippen LogP contribution is 2.43. The molecule has 1 heterocycles. The number of hydrogen-bond acceptors (Lipinski definition) is 3. The van der Waals surface area contributed by atoms with E-state index in [0.29, 0.717) is 0 Å². The third kappa shape index (κ3) is 2.87. The molecule has 0 fully saturated rings. The molecule has 0 saturated carbocycles. The van der Waals surface area contributed by atoms with E-state index < -0.39 is 5.41 Å². The van der Waals surface area contributed by atoms with Crippen molar-refractivity contribution in [1.82, 2.24) is 9.55 Å². The van der Waals surface area contributed by atoms with Gasteiger partial charge in [-0.25, -0.2) is 4.98 Å². The normalized spacial score (nSPS) is 18.1. The van der Waals surface area contributed by atoms with Crippen LogP contribution in [0.1, 0.15) is 34.7 Å². The smallest absolute Gasteiger partial charge is 0.230 e. The SMILES string of the molecule is Cc1c(C)c2c(c(C)c1N)CC(C)(C(=O)Nc1ccc(-n3ccnc3)cc1)C2. The predicted molar refractivity (Wildman–Crippen MR) is 113 cm³/mol. The van der Waals surface area contributed by atoms with Crippen molar-refractivity contribution in [2.75, 3.05) is 11.1 Å². The molecule has 5 heteroatoms. The lowest BCUT2D eigenvalue weighted by Crippen LogP contribution is -2.34. The molecule has 1 unspecified atom stereocenters. The van der Waals surface area contributed by atoms with Crippen LogP contribution < -0.4 is 11.1 Å². The van der Waals surface area contributed by atoms with Gasteiger partial charge in [-0.15, -0.1) is 0 Å². The van der Waals surface area contributed by atoms with E-state index in [1.807, 2.05) is 42.0 Å². The first-order chi connectivity index (χ1) is 13.3. The second-order valence-electron chi connectivity index (χ2n) is 8.13. The number of rotatable bonds is 3. The molecule has 0 spiro atoms. The van der Waals surface area contributed by atoms with Gasteiger partial charge in [0.05, 0.1) is 11.7 Å². The first-order valence-electron chi connectivity index (χ1n) is 9.57. The molecule has 0 saturated heterocycles. The Morgan fingerprint density at radius 1 is 1.07 bits per heavy atom. The van der Waals surface area contributed by atoms with Crippen molar-refractivity contribution in [3.63, 3.8) is 0 Å². The number of fused-ring (bicyclic) bond motifs is 1. The van der Waals surface area contributed by atoms with Crippen LogP contribution in [0.5, 0.6) is 0 Å². The van der Waals surface area contributed by atoms with E-state index >= 15 is 0 Å². The van der Waals surface area contributed by atoms with E-state index in [-0.39, 0.29) is 5.91 Å². The van der Waals surface area contributed by atoms with Crippen molar-refractivity contribution in [1.29, 1.82) is 0 Å². The standard InChI is InChI=1S/C23H26N4O/c1-14-15(2)21(24)16(3)20-12-23(4,11-19(14)20)22(28)26-17-5-7-18(8-6-17)27-10-9-25-13-27/h5-10,13H,11-12,24H2,1-4H3,(H,26,28). The lowest BCUT2D eigenvalue weighted by Gasteiger charge is -2.23. The van der Waals surface area contributed by atoms with Crippen LogP contribution in [-0.4, -0.2) is 15.5 Å². The summed E-state index contributed by atoms with van der Waals surface area (Å²) >= 11 is 0. The lowest BCUT2D eigenvalue weighted by atomic mass is 9.85. The number of nitrogens with zero attached hydrogens (tertiary/aromatic N) is 2. The van der Waals surface area contributed by atoms with Crippen LogP contribution in [0.25, 0.3) is 5.69 Å². The van der Waals surface area contributed by atoms with Gasteiger partial charge >= 0.3 is 0 Å². The van der Waals surface area contributed by atoms with Crippen molar-refractivity contribution in [2.24, 2.45) is 5.41 Å². The van der Waals surface area contributed by atoms with Crippen LogP contribution >= 0.6 is 0 Å². The van der Waals surface area contributed by atoms with Gasteiger partial charge in [0.1, 0.15) is 0 Å². The highest BCUT2D eigenvalue weighted by molar-refractivity contribution is 5.96. The largest absolute Gasteiger partial charge is 0.398 e. The predicted octanol–water partition coefficient (Wildman–Crippen LogP) is 4.12. The molecular weight excluding hydrogens is 348 g/mol. The van der Waals surface area contributed by atoms with Gasteiger partial charge in [0.25, 0.3) is 0 Å². The topological polar surface area (TPSA) is 72.9 Å². The van der Waals surface area contributed by atoms with Crippen molar-refractivity contribution < 1.29 is 4.79 Å². The maximum atomic E-state index is 13.2. The number of anilines is 2. The van der Waals surface area contributed by atoms with Crippen molar-refractivity contribution in [2.45, 2.75) is 40.5 Å². The molecule has 144 valence electrons. The second kappa shape index (κ2) is 6.51. The van der Waals surface area contributed by atoms with E-state index in [1.165, 1.54) is 16.7 Å². The summed E-state index contributed by atoms with van der Waals surface area (Å²) in [4.78, 5) is 17.2. The van der Waals surface area contributed by atoms with Crippen molar-refractivity contribution in [3.05, 3.63) is 70.8 Å². The Labute approximate surface area is 165 Å². The molecule has 28 heavy (non-hydrogen) atoms. The second-order valence-corrected chi connectivity index (χ2v) is 8.13. The first kappa shape index (κ1) is 18.3. The third-order valence-corrected chi connectivity index (χ3v) is 6.25. The Balaban J connectivity index is 1.55. The van der Waals surface area contributed by atoms with Crippen LogP contribution in [0.2, 0.25) is 0 Å². The van der Waals surface area contributed by atoms with Gasteiger partial charge in [-0.3, -0.25) is 4.79 Å². The summed E-state index contributed by atoms with van der Waals surface area (Å²) in [5.74, 6) is 0.0501. The number of aromatic nitrogens is 2. The number of amides is 1. The number of imidazole rings is 1. The van der Waals surface area contributed by atoms with Crippen LogP contribution in [0.3, 0.4) is 0 Å². The molecule has 0 bridgehead atoms. The Bertz CT molecular complexity index is 1010. The van der Waals surface area contributed by atoms with E-state index in [2.05, 4.69) is 31.1 Å². The zero-order valence-corrected chi connectivity index (χ0v) is 16.8. The molecule has 3 aromatic rings. The van der Waals surface area contributed by atoms with Gasteiger partial charge in [0.15, 0.2) is 0 Å². The Kier molecular flexibility index (Phi) is 4.26. The fourth-order valence-electron chi connectivity index (χ4n) is 4.22. The summed E-state index contributed by atoms with van der Waals surface area (Å²) in [5, 5.41) is 3.10.